The van der Waals surface area contributed by atoms with Gasteiger partial charge in [-0.05, 0) is 41.8 Å². The summed E-state index contributed by atoms with van der Waals surface area (Å²) in [5, 5.41) is 18.7. The van der Waals surface area contributed by atoms with E-state index in [-0.39, 0.29) is 40.4 Å². The highest BCUT2D eigenvalue weighted by Gasteiger charge is 2.36. The Bertz CT molecular complexity index is 921. The van der Waals surface area contributed by atoms with Gasteiger partial charge >= 0.3 is 12.1 Å². The van der Waals surface area contributed by atoms with Crippen LogP contribution in [-0.2, 0) is 11.2 Å². The first-order valence-electron chi connectivity index (χ1n) is 7.90. The molecule has 3 rings (SSSR count). The summed E-state index contributed by atoms with van der Waals surface area (Å²) in [6, 6.07) is 5.51. The number of rotatable bonds is 4. The fourth-order valence-electron chi connectivity index (χ4n) is 3.19. The molecule has 2 N–H and O–H groups in total. The summed E-state index contributed by atoms with van der Waals surface area (Å²) < 4.78 is 33.1. The zero-order valence-corrected chi connectivity index (χ0v) is 14.5. The van der Waals surface area contributed by atoms with Gasteiger partial charge in [-0.1, -0.05) is 17.7 Å². The van der Waals surface area contributed by atoms with E-state index < -0.39 is 36.3 Å². The smallest absolute Gasteiger partial charge is 0.408 e. The van der Waals surface area contributed by atoms with Crippen LogP contribution in [0.1, 0.15) is 22.7 Å². The van der Waals surface area contributed by atoms with Crippen molar-refractivity contribution < 1.29 is 33.3 Å². The minimum atomic E-state index is -1.26. The molecule has 2 aromatic rings. The van der Waals surface area contributed by atoms with Crippen molar-refractivity contribution in [2.24, 2.45) is 0 Å². The number of benzene rings is 2. The Morgan fingerprint density at radius 3 is 2.59 bits per heavy atom. The molecule has 0 saturated heterocycles. The number of carboxylic acids is 1. The Kier molecular flexibility index (Phi) is 5.18. The monoisotopic (exact) mass is 397 g/mol. The van der Waals surface area contributed by atoms with E-state index >= 15 is 0 Å². The highest BCUT2D eigenvalue weighted by atomic mass is 35.5. The van der Waals surface area contributed by atoms with Gasteiger partial charge in [0.1, 0.15) is 5.75 Å². The maximum Gasteiger partial charge on any atom is 0.408 e. The van der Waals surface area contributed by atoms with Gasteiger partial charge in [0, 0.05) is 17.1 Å². The van der Waals surface area contributed by atoms with E-state index in [0.717, 1.165) is 11.0 Å². The number of nitrogens with zero attached hydrogens (tertiary/aromatic N) is 1. The largest absolute Gasteiger partial charge is 0.482 e. The van der Waals surface area contributed by atoms with Gasteiger partial charge < -0.3 is 14.9 Å². The number of hydrogen-bond donors (Lipinski definition) is 2. The summed E-state index contributed by atoms with van der Waals surface area (Å²) in [6.07, 6.45) is -1.26. The standard InChI is InChI=1S/C18H14ClF2NO5/c19-9-1-4-14(27-8-15(23)24)12(7-9)17-11-2-3-13(20)16(21)10(11)5-6-22(17)18(25)26/h1-4,7,17H,5-6,8H2,(H,23,24)(H,25,26). The lowest BCUT2D eigenvalue weighted by Crippen LogP contribution is -2.40. The molecule has 0 aliphatic carbocycles. The maximum atomic E-state index is 14.3. The number of carbonyl (C=O) groups is 2. The molecule has 0 aromatic heterocycles. The van der Waals surface area contributed by atoms with Crippen LogP contribution in [0.15, 0.2) is 30.3 Å². The molecule has 1 heterocycles. The third kappa shape index (κ3) is 3.66. The second kappa shape index (κ2) is 7.40. The van der Waals surface area contributed by atoms with Crippen LogP contribution < -0.4 is 4.74 Å². The number of carboxylic acid groups (broad SMARTS) is 2. The SMILES string of the molecule is O=C(O)COc1ccc(Cl)cc1C1c2ccc(F)c(F)c2CCN1C(=O)O. The van der Waals surface area contributed by atoms with E-state index in [1.165, 1.54) is 24.3 Å². The van der Waals surface area contributed by atoms with Crippen molar-refractivity contribution in [1.82, 2.24) is 4.90 Å². The molecule has 1 amide bonds. The number of halogens is 3. The molecule has 0 fully saturated rings. The van der Waals surface area contributed by atoms with Gasteiger partial charge in [-0.2, -0.15) is 0 Å². The normalized spacial score (nSPS) is 16.0. The van der Waals surface area contributed by atoms with Gasteiger partial charge in [0.2, 0.25) is 0 Å². The van der Waals surface area contributed by atoms with Crippen molar-refractivity contribution in [2.75, 3.05) is 13.2 Å². The van der Waals surface area contributed by atoms with Crippen molar-refractivity contribution in [2.45, 2.75) is 12.5 Å². The van der Waals surface area contributed by atoms with Gasteiger partial charge in [-0.3, -0.25) is 4.90 Å². The fraction of sp³-hybridized carbons (Fsp3) is 0.222. The molecular weight excluding hydrogens is 384 g/mol. The Labute approximate surface area is 157 Å². The fourth-order valence-corrected chi connectivity index (χ4v) is 3.37. The van der Waals surface area contributed by atoms with E-state index in [1.54, 1.807) is 0 Å². The van der Waals surface area contributed by atoms with Crippen molar-refractivity contribution in [3.8, 4) is 5.75 Å². The molecule has 0 bridgehead atoms. The number of aliphatic carboxylic acids is 1. The van der Waals surface area contributed by atoms with Crippen LogP contribution in [0, 0.1) is 11.6 Å². The molecule has 1 aliphatic rings. The number of hydrogen-bond acceptors (Lipinski definition) is 3. The first-order valence-corrected chi connectivity index (χ1v) is 8.27. The summed E-state index contributed by atoms with van der Waals surface area (Å²) in [7, 11) is 0. The minimum absolute atomic E-state index is 0.00755. The molecule has 1 aliphatic heterocycles. The third-order valence-corrected chi connectivity index (χ3v) is 4.54. The number of fused-ring (bicyclic) bond motifs is 1. The molecule has 9 heteroatoms. The average molecular weight is 398 g/mol. The molecule has 2 aromatic carbocycles. The summed E-state index contributed by atoms with van der Waals surface area (Å²) in [6.45, 7) is -0.725. The molecule has 1 atom stereocenters. The summed E-state index contributed by atoms with van der Waals surface area (Å²) in [4.78, 5) is 23.6. The molecule has 1 unspecified atom stereocenters. The van der Waals surface area contributed by atoms with Gasteiger partial charge in [-0.15, -0.1) is 0 Å². The van der Waals surface area contributed by atoms with Crippen LogP contribution in [0.4, 0.5) is 13.6 Å². The van der Waals surface area contributed by atoms with E-state index in [4.69, 9.17) is 21.4 Å². The van der Waals surface area contributed by atoms with Crippen LogP contribution in [0.25, 0.3) is 0 Å². The maximum absolute atomic E-state index is 14.3. The van der Waals surface area contributed by atoms with E-state index in [0.29, 0.717) is 0 Å². The average Bonchev–Trinajstić information content (AvgIpc) is 2.62. The topological polar surface area (TPSA) is 87.1 Å². The first kappa shape index (κ1) is 18.9. The van der Waals surface area contributed by atoms with Crippen LogP contribution in [0.5, 0.6) is 5.75 Å². The van der Waals surface area contributed by atoms with Crippen molar-refractivity contribution in [3.05, 3.63) is 63.7 Å². The van der Waals surface area contributed by atoms with Crippen molar-refractivity contribution in [3.63, 3.8) is 0 Å². The van der Waals surface area contributed by atoms with Crippen LogP contribution in [0.3, 0.4) is 0 Å². The number of ether oxygens (including phenoxy) is 1. The zero-order chi connectivity index (χ0) is 19.7. The lowest BCUT2D eigenvalue weighted by molar-refractivity contribution is -0.139. The number of amides is 1. The Morgan fingerprint density at radius 2 is 1.93 bits per heavy atom. The molecule has 0 spiro atoms. The molecular formula is C18H14ClF2NO5. The second-order valence-electron chi connectivity index (χ2n) is 5.92. The first-order chi connectivity index (χ1) is 12.8. The second-order valence-corrected chi connectivity index (χ2v) is 6.36. The summed E-state index contributed by atoms with van der Waals surface area (Å²) in [5.74, 6) is -3.18. The Balaban J connectivity index is 2.18. The zero-order valence-electron chi connectivity index (χ0n) is 13.8. The lowest BCUT2D eigenvalue weighted by Gasteiger charge is -2.36. The highest BCUT2D eigenvalue weighted by molar-refractivity contribution is 6.30. The molecule has 0 radical (unpaired) electrons. The Morgan fingerprint density at radius 1 is 1.19 bits per heavy atom. The van der Waals surface area contributed by atoms with Crippen molar-refractivity contribution >= 4 is 23.7 Å². The van der Waals surface area contributed by atoms with Crippen molar-refractivity contribution in [1.29, 1.82) is 0 Å². The van der Waals surface area contributed by atoms with E-state index in [1.807, 2.05) is 0 Å². The van der Waals surface area contributed by atoms with Gasteiger partial charge in [0.15, 0.2) is 18.2 Å². The van der Waals surface area contributed by atoms with Crippen LogP contribution in [-0.4, -0.2) is 40.3 Å². The quantitative estimate of drug-likeness (QED) is 0.821. The van der Waals surface area contributed by atoms with Crippen LogP contribution >= 0.6 is 11.6 Å². The minimum Gasteiger partial charge on any atom is -0.482 e. The van der Waals surface area contributed by atoms with Gasteiger partial charge in [0.05, 0.1) is 6.04 Å². The van der Waals surface area contributed by atoms with Crippen LogP contribution in [0.2, 0.25) is 5.02 Å². The summed E-state index contributed by atoms with van der Waals surface area (Å²) in [5.41, 5.74) is 0.574. The lowest BCUT2D eigenvalue weighted by atomic mass is 9.87. The highest BCUT2D eigenvalue weighted by Crippen LogP contribution is 2.41. The molecule has 142 valence electrons. The summed E-state index contributed by atoms with van der Waals surface area (Å²) >= 11 is 6.04. The third-order valence-electron chi connectivity index (χ3n) is 4.30. The molecule has 0 saturated carbocycles. The van der Waals surface area contributed by atoms with E-state index in [2.05, 4.69) is 0 Å². The Hall–Kier alpha value is -2.87. The van der Waals surface area contributed by atoms with E-state index in [9.17, 15) is 23.5 Å². The molecule has 6 nitrogen and oxygen atoms in total. The predicted octanol–water partition coefficient (Wildman–Crippen LogP) is 3.71. The molecule has 27 heavy (non-hydrogen) atoms. The van der Waals surface area contributed by atoms with Gasteiger partial charge in [0.25, 0.3) is 0 Å². The predicted molar refractivity (Wildman–Crippen MR) is 91.2 cm³/mol. The van der Waals surface area contributed by atoms with Gasteiger partial charge in [-0.25, -0.2) is 18.4 Å².